The molecule has 1 heterocycles. The minimum atomic E-state index is -0.933. The summed E-state index contributed by atoms with van der Waals surface area (Å²) in [6, 6.07) is 28.3. The highest BCUT2D eigenvalue weighted by Gasteiger charge is 2.50. The Morgan fingerprint density at radius 1 is 0.784 bits per heavy atom. The molecule has 0 spiro atoms. The van der Waals surface area contributed by atoms with Crippen LogP contribution in [-0.4, -0.2) is 17.6 Å². The van der Waals surface area contributed by atoms with Crippen LogP contribution in [0.25, 0.3) is 0 Å². The van der Waals surface area contributed by atoms with Crippen molar-refractivity contribution in [2.24, 2.45) is 9.98 Å². The molecule has 1 aliphatic rings. The van der Waals surface area contributed by atoms with Crippen LogP contribution in [0.3, 0.4) is 0 Å². The number of aliphatic imine (C=N–C) groups is 2. The van der Waals surface area contributed by atoms with Crippen LogP contribution in [0.4, 0.5) is 20.2 Å². The zero-order valence-corrected chi connectivity index (χ0v) is 23.3. The van der Waals surface area contributed by atoms with Crippen LogP contribution in [0, 0.1) is 11.6 Å². The van der Waals surface area contributed by atoms with E-state index in [2.05, 4.69) is 43.7 Å². The highest BCUT2D eigenvalue weighted by atomic mass is 79.9. The van der Waals surface area contributed by atoms with Gasteiger partial charge in [0.05, 0.1) is 11.7 Å². The van der Waals surface area contributed by atoms with Gasteiger partial charge >= 0.3 is 0 Å². The fourth-order valence-corrected chi connectivity index (χ4v) is 5.36. The normalized spacial score (nSPS) is 19.7. The Bertz CT molecular complexity index is 1470. The molecule has 1 aliphatic heterocycles. The maximum Gasteiger partial charge on any atom is 0.146 e. The largest absolute Gasteiger partial charge is 0.320 e. The number of benzene rings is 4. The molecule has 0 amide bonds. The minimum absolute atomic E-state index is 0.238. The van der Waals surface area contributed by atoms with E-state index in [9.17, 15) is 8.78 Å². The average molecular weight is 623 g/mol. The van der Waals surface area contributed by atoms with Crippen LogP contribution in [0.2, 0.25) is 0 Å². The number of halogens is 4. The molecule has 0 saturated heterocycles. The van der Waals surface area contributed by atoms with Gasteiger partial charge in [-0.15, -0.1) is 0 Å². The molecule has 2 unspecified atom stereocenters. The van der Waals surface area contributed by atoms with Crippen LogP contribution < -0.4 is 4.90 Å². The first-order chi connectivity index (χ1) is 17.8. The van der Waals surface area contributed by atoms with E-state index in [-0.39, 0.29) is 17.7 Å². The first-order valence-electron chi connectivity index (χ1n) is 11.8. The quantitative estimate of drug-likeness (QED) is 0.204. The molecule has 0 radical (unpaired) electrons. The molecule has 186 valence electrons. The zero-order chi connectivity index (χ0) is 26.2. The summed E-state index contributed by atoms with van der Waals surface area (Å²) in [6.07, 6.45) is 0. The second kappa shape index (κ2) is 10.3. The van der Waals surface area contributed by atoms with Crippen molar-refractivity contribution in [2.45, 2.75) is 25.4 Å². The fourth-order valence-electron chi connectivity index (χ4n) is 4.83. The van der Waals surface area contributed by atoms with Crippen molar-refractivity contribution < 1.29 is 8.78 Å². The van der Waals surface area contributed by atoms with Gasteiger partial charge in [-0.1, -0.05) is 44.0 Å². The molecule has 4 aromatic carbocycles. The van der Waals surface area contributed by atoms with Crippen LogP contribution in [0.1, 0.15) is 25.0 Å². The average Bonchev–Trinajstić information content (AvgIpc) is 3.20. The van der Waals surface area contributed by atoms with E-state index in [1.807, 2.05) is 55.5 Å². The summed E-state index contributed by atoms with van der Waals surface area (Å²) in [6.45, 7) is 4.05. The lowest BCUT2D eigenvalue weighted by atomic mass is 9.80. The third kappa shape index (κ3) is 4.90. The number of amidine groups is 1. The van der Waals surface area contributed by atoms with E-state index in [0.717, 1.165) is 37.2 Å². The molecule has 4 aromatic rings. The predicted octanol–water partition coefficient (Wildman–Crippen LogP) is 8.83. The van der Waals surface area contributed by atoms with E-state index < -0.39 is 5.54 Å². The molecule has 0 bridgehead atoms. The van der Waals surface area contributed by atoms with Gasteiger partial charge in [0.15, 0.2) is 0 Å². The molecule has 0 N–H and O–H groups in total. The SMILES string of the molecule is C/C(=N\c1ccc(Br)cc1)C1(c2ccc(F)cc2)N=C(c2ccc(F)cc2)N(c2ccc(Br)cc2)C1C. The Morgan fingerprint density at radius 2 is 1.30 bits per heavy atom. The Morgan fingerprint density at radius 3 is 1.86 bits per heavy atom. The molecular formula is C30H23Br2F2N3. The van der Waals surface area contributed by atoms with Crippen LogP contribution in [-0.2, 0) is 5.54 Å². The Labute approximate surface area is 231 Å². The molecule has 37 heavy (non-hydrogen) atoms. The molecule has 3 nitrogen and oxygen atoms in total. The number of rotatable bonds is 5. The monoisotopic (exact) mass is 621 g/mol. The number of hydrogen-bond acceptors (Lipinski definition) is 3. The van der Waals surface area contributed by atoms with Crippen molar-refractivity contribution in [3.8, 4) is 0 Å². The van der Waals surface area contributed by atoms with E-state index in [1.54, 1.807) is 24.3 Å². The van der Waals surface area contributed by atoms with Crippen molar-refractivity contribution in [3.63, 3.8) is 0 Å². The van der Waals surface area contributed by atoms with Gasteiger partial charge in [-0.25, -0.2) is 13.8 Å². The van der Waals surface area contributed by atoms with Crippen LogP contribution in [0.5, 0.6) is 0 Å². The van der Waals surface area contributed by atoms with E-state index in [1.165, 1.54) is 24.3 Å². The molecule has 5 rings (SSSR count). The molecule has 0 aliphatic carbocycles. The maximum atomic E-state index is 14.0. The molecule has 0 saturated carbocycles. The molecular weight excluding hydrogens is 600 g/mol. The van der Waals surface area contributed by atoms with Crippen molar-refractivity contribution in [1.82, 2.24) is 0 Å². The van der Waals surface area contributed by atoms with Crippen molar-refractivity contribution >= 4 is 54.8 Å². The summed E-state index contributed by atoms with van der Waals surface area (Å²) in [5, 5.41) is 0. The summed E-state index contributed by atoms with van der Waals surface area (Å²) in [4.78, 5) is 12.5. The van der Waals surface area contributed by atoms with Crippen LogP contribution in [0.15, 0.2) is 116 Å². The first kappa shape index (κ1) is 25.5. The predicted molar refractivity (Wildman–Crippen MR) is 154 cm³/mol. The van der Waals surface area contributed by atoms with Gasteiger partial charge in [0.2, 0.25) is 0 Å². The van der Waals surface area contributed by atoms with Gasteiger partial charge in [-0.05, 0) is 104 Å². The number of hydrogen-bond donors (Lipinski definition) is 0. The van der Waals surface area contributed by atoms with Gasteiger partial charge < -0.3 is 4.90 Å². The second-order valence-electron chi connectivity index (χ2n) is 8.91. The minimum Gasteiger partial charge on any atom is -0.320 e. The second-order valence-corrected chi connectivity index (χ2v) is 10.7. The summed E-state index contributed by atoms with van der Waals surface area (Å²) < 4.78 is 29.8. The standard InChI is InChI=1S/C30H23Br2F2N3/c1-19(35-27-15-7-23(31)8-16-27)30(22-5-13-26(34)14-6-22)20(2)37(28-17-9-24(32)10-18-28)29(36-30)21-3-11-25(33)12-4-21/h3-18,20H,1-2H3/b35-19+. The van der Waals surface area contributed by atoms with Gasteiger partial charge in [-0.3, -0.25) is 4.99 Å². The Balaban J connectivity index is 1.76. The lowest BCUT2D eigenvalue weighted by molar-refractivity contribution is 0.526. The van der Waals surface area contributed by atoms with E-state index in [0.29, 0.717) is 5.84 Å². The van der Waals surface area contributed by atoms with Gasteiger partial charge in [0.25, 0.3) is 0 Å². The summed E-state index contributed by atoms with van der Waals surface area (Å²) in [7, 11) is 0. The van der Waals surface area contributed by atoms with Crippen molar-refractivity contribution in [2.75, 3.05) is 4.90 Å². The molecule has 0 fully saturated rings. The lowest BCUT2D eigenvalue weighted by Gasteiger charge is -2.36. The highest BCUT2D eigenvalue weighted by Crippen LogP contribution is 2.44. The summed E-state index contributed by atoms with van der Waals surface area (Å²) in [5.74, 6) is 0.0485. The Kier molecular flexibility index (Phi) is 7.10. The van der Waals surface area contributed by atoms with Crippen molar-refractivity contribution in [1.29, 1.82) is 0 Å². The van der Waals surface area contributed by atoms with E-state index >= 15 is 0 Å². The van der Waals surface area contributed by atoms with Gasteiger partial charge in [-0.2, -0.15) is 0 Å². The smallest absolute Gasteiger partial charge is 0.146 e. The van der Waals surface area contributed by atoms with E-state index in [4.69, 9.17) is 9.98 Å². The van der Waals surface area contributed by atoms with Gasteiger partial charge in [0, 0.05) is 25.9 Å². The lowest BCUT2D eigenvalue weighted by Crippen LogP contribution is -2.47. The zero-order valence-electron chi connectivity index (χ0n) is 20.2. The fraction of sp³-hybridized carbons (Fsp3) is 0.133. The van der Waals surface area contributed by atoms with Gasteiger partial charge in [0.1, 0.15) is 23.0 Å². The summed E-state index contributed by atoms with van der Waals surface area (Å²) >= 11 is 7.00. The Hall–Kier alpha value is -3.16. The third-order valence-corrected chi connectivity index (χ3v) is 7.73. The molecule has 2 atom stereocenters. The van der Waals surface area contributed by atoms with Crippen molar-refractivity contribution in [3.05, 3.63) is 129 Å². The highest BCUT2D eigenvalue weighted by molar-refractivity contribution is 9.10. The first-order valence-corrected chi connectivity index (χ1v) is 13.3. The number of nitrogens with zero attached hydrogens (tertiary/aromatic N) is 3. The third-order valence-electron chi connectivity index (χ3n) is 6.67. The molecule has 7 heteroatoms. The molecule has 0 aromatic heterocycles. The number of anilines is 1. The van der Waals surface area contributed by atoms with Crippen LogP contribution >= 0.6 is 31.9 Å². The summed E-state index contributed by atoms with van der Waals surface area (Å²) in [5.41, 5.74) is 3.13. The maximum absolute atomic E-state index is 14.0. The topological polar surface area (TPSA) is 28.0 Å².